The smallest absolute Gasteiger partial charge is 0.248 e. The maximum atomic E-state index is 10.5. The minimum Gasteiger partial charge on any atom is -0.506 e. The van der Waals surface area contributed by atoms with E-state index in [2.05, 4.69) is 46.7 Å². The van der Waals surface area contributed by atoms with Crippen molar-refractivity contribution in [2.24, 2.45) is 16.5 Å². The summed E-state index contributed by atoms with van der Waals surface area (Å²) in [7, 11) is 1.95. The molecular formula is C22H24ClN5O2S. The number of amidine groups is 1. The van der Waals surface area contributed by atoms with Gasteiger partial charge in [-0.1, -0.05) is 59.8 Å². The van der Waals surface area contributed by atoms with Gasteiger partial charge in [0.05, 0.1) is 5.02 Å². The first-order valence-corrected chi connectivity index (χ1v) is 10.6. The van der Waals surface area contributed by atoms with Gasteiger partial charge in [0, 0.05) is 17.9 Å². The van der Waals surface area contributed by atoms with Crippen LogP contribution in [0, 0.1) is 5.41 Å². The third-order valence-electron chi connectivity index (χ3n) is 4.27. The summed E-state index contributed by atoms with van der Waals surface area (Å²) in [4.78, 5) is 14.3. The van der Waals surface area contributed by atoms with Crippen molar-refractivity contribution in [3.63, 3.8) is 0 Å². The van der Waals surface area contributed by atoms with E-state index in [0.717, 1.165) is 18.6 Å². The summed E-state index contributed by atoms with van der Waals surface area (Å²) in [6, 6.07) is 16.7. The van der Waals surface area contributed by atoms with Crippen molar-refractivity contribution in [3.05, 3.63) is 76.3 Å². The third kappa shape index (κ3) is 6.99. The lowest BCUT2D eigenvalue weighted by Crippen LogP contribution is -2.10. The van der Waals surface area contributed by atoms with Gasteiger partial charge in [-0.05, 0) is 47.1 Å². The zero-order valence-electron chi connectivity index (χ0n) is 16.9. The van der Waals surface area contributed by atoms with Crippen molar-refractivity contribution >= 4 is 51.5 Å². The van der Waals surface area contributed by atoms with Gasteiger partial charge in [-0.3, -0.25) is 10.2 Å². The molecular weight excluding hydrogens is 434 g/mol. The second-order valence-electron chi connectivity index (χ2n) is 6.38. The number of thioether (sulfide) groups is 1. The Hall–Kier alpha value is -3.07. The van der Waals surface area contributed by atoms with Gasteiger partial charge in [-0.15, -0.1) is 0 Å². The Labute approximate surface area is 190 Å². The number of phenolic OH excluding ortho intramolecular Hbond substituents is 1. The van der Waals surface area contributed by atoms with Crippen molar-refractivity contribution in [1.29, 1.82) is 5.41 Å². The van der Waals surface area contributed by atoms with E-state index in [1.54, 1.807) is 0 Å². The fourth-order valence-electron chi connectivity index (χ4n) is 2.81. The Morgan fingerprint density at radius 1 is 1.16 bits per heavy atom. The second-order valence-corrected chi connectivity index (χ2v) is 7.78. The fraction of sp³-hybridized carbons (Fsp3) is 0.136. The topological polar surface area (TPSA) is 138 Å². The molecule has 0 saturated heterocycles. The van der Waals surface area contributed by atoms with Crippen LogP contribution in [0.25, 0.3) is 10.8 Å². The first kappa shape index (κ1) is 24.2. The molecule has 9 heteroatoms. The first-order valence-electron chi connectivity index (χ1n) is 9.24. The maximum absolute atomic E-state index is 10.5. The number of phenols is 1. The second kappa shape index (κ2) is 11.9. The molecule has 0 heterocycles. The van der Waals surface area contributed by atoms with Gasteiger partial charge in [0.25, 0.3) is 0 Å². The van der Waals surface area contributed by atoms with E-state index < -0.39 is 5.91 Å². The molecule has 0 saturated carbocycles. The Balaban J connectivity index is 0.000000262. The van der Waals surface area contributed by atoms with E-state index in [4.69, 9.17) is 33.6 Å². The number of rotatable bonds is 6. The zero-order chi connectivity index (χ0) is 22.8. The largest absolute Gasteiger partial charge is 0.506 e. The molecule has 0 aliphatic heterocycles. The van der Waals surface area contributed by atoms with Crippen molar-refractivity contribution < 1.29 is 9.90 Å². The Morgan fingerprint density at radius 2 is 1.81 bits per heavy atom. The normalized spacial score (nSPS) is 11.0. The fourth-order valence-corrected chi connectivity index (χ4v) is 3.67. The van der Waals surface area contributed by atoms with Crippen LogP contribution in [0.3, 0.4) is 0 Å². The molecule has 0 aliphatic rings. The summed E-state index contributed by atoms with van der Waals surface area (Å²) >= 11 is 6.95. The number of hydrogen-bond donors (Lipinski definition) is 5. The van der Waals surface area contributed by atoms with Gasteiger partial charge in [0.15, 0.2) is 5.17 Å². The molecule has 0 aromatic heterocycles. The highest BCUT2D eigenvalue weighted by atomic mass is 35.5. The minimum absolute atomic E-state index is 0.0586. The SMILES string of the molecule is CNCc1ccc(CSC(N)=NC=N)c2ccccc12.NC(=O)c1ccc(O)c(Cl)c1. The number of hydrogen-bond acceptors (Lipinski definition) is 5. The van der Waals surface area contributed by atoms with Gasteiger partial charge in [-0.25, -0.2) is 4.99 Å². The Kier molecular flexibility index (Phi) is 9.33. The molecule has 3 rings (SSSR count). The molecule has 162 valence electrons. The molecule has 0 radical (unpaired) electrons. The van der Waals surface area contributed by atoms with Gasteiger partial charge < -0.3 is 21.9 Å². The van der Waals surface area contributed by atoms with Crippen LogP contribution >= 0.6 is 23.4 Å². The number of benzene rings is 3. The quantitative estimate of drug-likeness (QED) is 0.282. The average molecular weight is 458 g/mol. The lowest BCUT2D eigenvalue weighted by Gasteiger charge is -2.10. The molecule has 0 spiro atoms. The number of carbonyl (C=O) groups is 1. The number of nitrogens with two attached hydrogens (primary N) is 2. The van der Waals surface area contributed by atoms with Crippen LogP contribution in [-0.4, -0.2) is 29.6 Å². The van der Waals surface area contributed by atoms with Crippen LogP contribution in [0.15, 0.2) is 59.6 Å². The molecule has 0 atom stereocenters. The lowest BCUT2D eigenvalue weighted by atomic mass is 10.0. The Morgan fingerprint density at radius 3 is 2.39 bits per heavy atom. The molecule has 3 aromatic rings. The maximum Gasteiger partial charge on any atom is 0.248 e. The molecule has 7 N–H and O–H groups in total. The van der Waals surface area contributed by atoms with Crippen LogP contribution in [0.2, 0.25) is 5.02 Å². The zero-order valence-corrected chi connectivity index (χ0v) is 18.5. The first-order chi connectivity index (χ1) is 14.9. The highest BCUT2D eigenvalue weighted by Gasteiger charge is 2.06. The summed E-state index contributed by atoms with van der Waals surface area (Å²) in [6.07, 6.45) is 0.969. The van der Waals surface area contributed by atoms with Crippen LogP contribution in [0.4, 0.5) is 0 Å². The summed E-state index contributed by atoms with van der Waals surface area (Å²) in [5.41, 5.74) is 13.5. The predicted molar refractivity (Wildman–Crippen MR) is 130 cm³/mol. The van der Waals surface area contributed by atoms with E-state index in [1.165, 1.54) is 51.9 Å². The van der Waals surface area contributed by atoms with E-state index >= 15 is 0 Å². The van der Waals surface area contributed by atoms with Gasteiger partial charge in [-0.2, -0.15) is 0 Å². The number of nitrogens with one attached hydrogen (secondary N) is 2. The Bertz CT molecular complexity index is 1100. The minimum atomic E-state index is -0.563. The summed E-state index contributed by atoms with van der Waals surface area (Å²) < 4.78 is 0. The van der Waals surface area contributed by atoms with Crippen LogP contribution in [-0.2, 0) is 12.3 Å². The van der Waals surface area contributed by atoms with Gasteiger partial charge in [0.1, 0.15) is 12.1 Å². The number of aromatic hydroxyl groups is 1. The van der Waals surface area contributed by atoms with Gasteiger partial charge >= 0.3 is 0 Å². The number of aliphatic imine (C=N–C) groups is 1. The number of fused-ring (bicyclic) bond motifs is 1. The van der Waals surface area contributed by atoms with E-state index in [0.29, 0.717) is 5.17 Å². The third-order valence-corrected chi connectivity index (χ3v) is 5.43. The molecule has 1 amide bonds. The molecule has 3 aromatic carbocycles. The van der Waals surface area contributed by atoms with E-state index in [1.807, 2.05) is 7.05 Å². The predicted octanol–water partition coefficient (Wildman–Crippen LogP) is 3.86. The molecule has 7 nitrogen and oxygen atoms in total. The number of nitrogens with zero attached hydrogens (tertiary/aromatic N) is 1. The average Bonchev–Trinajstić information content (AvgIpc) is 2.76. The molecule has 31 heavy (non-hydrogen) atoms. The van der Waals surface area contributed by atoms with Crippen LogP contribution in [0.5, 0.6) is 5.75 Å². The summed E-state index contributed by atoms with van der Waals surface area (Å²) in [5, 5.41) is 22.1. The number of amides is 1. The van der Waals surface area contributed by atoms with E-state index in [9.17, 15) is 4.79 Å². The van der Waals surface area contributed by atoms with E-state index in [-0.39, 0.29) is 16.3 Å². The van der Waals surface area contributed by atoms with Crippen molar-refractivity contribution in [3.8, 4) is 5.75 Å². The van der Waals surface area contributed by atoms with Crippen LogP contribution in [0.1, 0.15) is 21.5 Å². The molecule has 0 aliphatic carbocycles. The number of halogens is 1. The highest BCUT2D eigenvalue weighted by molar-refractivity contribution is 8.13. The lowest BCUT2D eigenvalue weighted by molar-refractivity contribution is 0.100. The molecule has 0 fully saturated rings. The monoisotopic (exact) mass is 457 g/mol. The number of carbonyl (C=O) groups excluding carboxylic acids is 1. The van der Waals surface area contributed by atoms with Crippen LogP contribution < -0.4 is 16.8 Å². The summed E-state index contributed by atoms with van der Waals surface area (Å²) in [6.45, 7) is 0.853. The van der Waals surface area contributed by atoms with Gasteiger partial charge in [0.2, 0.25) is 5.91 Å². The standard InChI is InChI=1S/C15H18N4S.C7H6ClNO2/c1-18-8-11-6-7-12(9-20-15(17)19-10-16)14-5-3-2-4-13(11)14;8-5-3-4(7(9)11)1-2-6(5)10/h2-7,10,18H,8-9H2,1H3,(H3,16,17,19);1-3,10H,(H2,9,11). The molecule has 0 bridgehead atoms. The van der Waals surface area contributed by atoms with Crippen molar-refractivity contribution in [2.75, 3.05) is 7.05 Å². The highest BCUT2D eigenvalue weighted by Crippen LogP contribution is 2.26. The number of primary amides is 1. The summed E-state index contributed by atoms with van der Waals surface area (Å²) in [5.74, 6) is 0.132. The van der Waals surface area contributed by atoms with Crippen molar-refractivity contribution in [1.82, 2.24) is 5.32 Å². The van der Waals surface area contributed by atoms with Crippen molar-refractivity contribution in [2.45, 2.75) is 12.3 Å². The molecule has 0 unspecified atom stereocenters.